The molecule has 0 aliphatic rings. The van der Waals surface area contributed by atoms with Gasteiger partial charge in [0.25, 0.3) is 0 Å². The molecule has 2 aromatic heterocycles. The minimum atomic E-state index is 0.00498. The minimum Gasteiger partial charge on any atom is -0.355 e. The van der Waals surface area contributed by atoms with E-state index in [1.807, 2.05) is 18.2 Å². The summed E-state index contributed by atoms with van der Waals surface area (Å²) >= 11 is 1.32. The Hall–Kier alpha value is -2.15. The van der Waals surface area contributed by atoms with E-state index in [0.29, 0.717) is 23.4 Å². The molecule has 0 aliphatic heterocycles. The van der Waals surface area contributed by atoms with Crippen LogP contribution in [0.15, 0.2) is 29.4 Å². The quantitative estimate of drug-likeness (QED) is 0.657. The van der Waals surface area contributed by atoms with E-state index in [4.69, 9.17) is 0 Å². The third-order valence-electron chi connectivity index (χ3n) is 4.05. The molecule has 1 amide bonds. The number of nitrogens with zero attached hydrogens (tertiary/aromatic N) is 4. The molecule has 0 bridgehead atoms. The van der Waals surface area contributed by atoms with Gasteiger partial charge in [0.1, 0.15) is 5.52 Å². The molecule has 6 nitrogen and oxygen atoms in total. The first kappa shape index (κ1) is 17.7. The van der Waals surface area contributed by atoms with Crippen LogP contribution < -0.4 is 5.32 Å². The Morgan fingerprint density at radius 1 is 1.28 bits per heavy atom. The second-order valence-electron chi connectivity index (χ2n) is 6.35. The molecule has 25 heavy (non-hydrogen) atoms. The average Bonchev–Trinajstić information content (AvgIpc) is 2.92. The first-order valence-corrected chi connectivity index (χ1v) is 9.59. The van der Waals surface area contributed by atoms with Gasteiger partial charge in [0.2, 0.25) is 11.1 Å². The molecule has 0 saturated heterocycles. The van der Waals surface area contributed by atoms with Crippen molar-refractivity contribution in [2.24, 2.45) is 5.92 Å². The topological polar surface area (TPSA) is 72.7 Å². The van der Waals surface area contributed by atoms with Gasteiger partial charge in [-0.15, -0.1) is 10.2 Å². The summed E-state index contributed by atoms with van der Waals surface area (Å²) in [5.41, 5.74) is 2.74. The summed E-state index contributed by atoms with van der Waals surface area (Å²) in [6.45, 7) is 7.88. The summed E-state index contributed by atoms with van der Waals surface area (Å²) in [6, 6.07) is 8.11. The van der Waals surface area contributed by atoms with Crippen molar-refractivity contribution in [3.63, 3.8) is 0 Å². The number of benzene rings is 1. The molecule has 0 aliphatic carbocycles. The number of thioether (sulfide) groups is 1. The Balaban J connectivity index is 1.75. The Labute approximate surface area is 151 Å². The molecule has 0 atom stereocenters. The maximum absolute atomic E-state index is 11.9. The summed E-state index contributed by atoms with van der Waals surface area (Å²) in [6.07, 6.45) is 0.983. The van der Waals surface area contributed by atoms with Crippen molar-refractivity contribution >= 4 is 39.7 Å². The number of carbonyl (C=O) groups excluding carboxylic acids is 1. The highest BCUT2D eigenvalue weighted by atomic mass is 32.2. The Kier molecular flexibility index (Phi) is 5.53. The van der Waals surface area contributed by atoms with Crippen molar-refractivity contribution in [1.29, 1.82) is 0 Å². The van der Waals surface area contributed by atoms with Gasteiger partial charge < -0.3 is 9.88 Å². The number of nitrogens with one attached hydrogen (secondary N) is 1. The molecule has 1 N–H and O–H groups in total. The number of hydrogen-bond donors (Lipinski definition) is 1. The third-order valence-corrected chi connectivity index (χ3v) is 4.88. The molecule has 0 spiro atoms. The van der Waals surface area contributed by atoms with Gasteiger partial charge in [-0.05, 0) is 25.3 Å². The largest absolute Gasteiger partial charge is 0.355 e. The molecule has 7 heteroatoms. The molecule has 2 heterocycles. The van der Waals surface area contributed by atoms with Crippen LogP contribution in [-0.2, 0) is 11.3 Å². The van der Waals surface area contributed by atoms with E-state index in [9.17, 15) is 4.79 Å². The van der Waals surface area contributed by atoms with E-state index in [-0.39, 0.29) is 5.91 Å². The molecule has 1 aromatic carbocycles. The molecule has 0 unspecified atom stereocenters. The van der Waals surface area contributed by atoms with Crippen LogP contribution in [0.2, 0.25) is 0 Å². The highest BCUT2D eigenvalue weighted by Gasteiger charge is 2.14. The van der Waals surface area contributed by atoms with E-state index in [1.165, 1.54) is 11.8 Å². The smallest absolute Gasteiger partial charge is 0.230 e. The van der Waals surface area contributed by atoms with Crippen LogP contribution in [0.25, 0.3) is 22.1 Å². The highest BCUT2D eigenvalue weighted by molar-refractivity contribution is 7.99. The van der Waals surface area contributed by atoms with Crippen LogP contribution in [0.4, 0.5) is 0 Å². The Morgan fingerprint density at radius 3 is 2.84 bits per heavy atom. The van der Waals surface area contributed by atoms with E-state index >= 15 is 0 Å². The van der Waals surface area contributed by atoms with E-state index in [0.717, 1.165) is 35.0 Å². The number of carbonyl (C=O) groups is 1. The minimum absolute atomic E-state index is 0.00498. The fourth-order valence-corrected chi connectivity index (χ4v) is 3.36. The van der Waals surface area contributed by atoms with Crippen molar-refractivity contribution < 1.29 is 4.79 Å². The lowest BCUT2D eigenvalue weighted by molar-refractivity contribution is -0.118. The van der Waals surface area contributed by atoms with Crippen molar-refractivity contribution in [3.05, 3.63) is 24.3 Å². The van der Waals surface area contributed by atoms with Crippen LogP contribution in [-0.4, -0.2) is 38.0 Å². The SMILES string of the molecule is CCn1c2ccccc2c2nnc(SCC(=O)NCCC(C)C)nc21. The standard InChI is InChI=1S/C18H23N5OS/c1-4-23-14-8-6-5-7-13(14)16-17(23)20-18(22-21-16)25-11-15(24)19-10-9-12(2)3/h5-8,12H,4,9-11H2,1-3H3,(H,19,24). The molecule has 3 aromatic rings. The second-order valence-corrected chi connectivity index (χ2v) is 7.29. The van der Waals surface area contributed by atoms with Gasteiger partial charge in [-0.1, -0.05) is 43.8 Å². The zero-order valence-electron chi connectivity index (χ0n) is 14.8. The predicted octanol–water partition coefficient (Wildman–Crippen LogP) is 3.25. The van der Waals surface area contributed by atoms with Gasteiger partial charge in [0, 0.05) is 18.5 Å². The van der Waals surface area contributed by atoms with Crippen LogP contribution in [0.5, 0.6) is 0 Å². The number of hydrogen-bond acceptors (Lipinski definition) is 5. The summed E-state index contributed by atoms with van der Waals surface area (Å²) in [4.78, 5) is 16.5. The van der Waals surface area contributed by atoms with Crippen molar-refractivity contribution in [3.8, 4) is 0 Å². The number of para-hydroxylation sites is 1. The van der Waals surface area contributed by atoms with Crippen LogP contribution in [0, 0.1) is 5.92 Å². The predicted molar refractivity (Wildman–Crippen MR) is 102 cm³/mol. The van der Waals surface area contributed by atoms with Crippen LogP contribution in [0.3, 0.4) is 0 Å². The highest BCUT2D eigenvalue weighted by Crippen LogP contribution is 2.26. The first-order valence-electron chi connectivity index (χ1n) is 8.61. The average molecular weight is 357 g/mol. The summed E-state index contributed by atoms with van der Waals surface area (Å²) in [5, 5.41) is 13.1. The Morgan fingerprint density at radius 2 is 2.08 bits per heavy atom. The number of amides is 1. The zero-order valence-corrected chi connectivity index (χ0v) is 15.6. The van der Waals surface area contributed by atoms with Gasteiger partial charge >= 0.3 is 0 Å². The zero-order chi connectivity index (χ0) is 17.8. The van der Waals surface area contributed by atoms with Gasteiger partial charge in [-0.3, -0.25) is 4.79 Å². The number of aromatic nitrogens is 4. The van der Waals surface area contributed by atoms with Crippen molar-refractivity contribution in [2.75, 3.05) is 12.3 Å². The Bertz CT molecular complexity index is 890. The van der Waals surface area contributed by atoms with Crippen LogP contribution in [0.1, 0.15) is 27.2 Å². The fraction of sp³-hybridized carbons (Fsp3) is 0.444. The molecule has 0 saturated carbocycles. The fourth-order valence-electron chi connectivity index (χ4n) is 2.75. The van der Waals surface area contributed by atoms with Crippen LogP contribution >= 0.6 is 11.8 Å². The lowest BCUT2D eigenvalue weighted by atomic mass is 10.1. The van der Waals surface area contributed by atoms with Gasteiger partial charge in [0.15, 0.2) is 5.65 Å². The summed E-state index contributed by atoms with van der Waals surface area (Å²) in [5.74, 6) is 0.890. The van der Waals surface area contributed by atoms with Gasteiger partial charge in [0.05, 0.1) is 11.3 Å². The maximum atomic E-state index is 11.9. The third kappa shape index (κ3) is 3.92. The van der Waals surface area contributed by atoms with E-state index in [1.54, 1.807) is 0 Å². The van der Waals surface area contributed by atoms with Crippen molar-refractivity contribution in [2.45, 2.75) is 38.9 Å². The first-order chi connectivity index (χ1) is 12.1. The van der Waals surface area contributed by atoms with Gasteiger partial charge in [-0.2, -0.15) is 0 Å². The summed E-state index contributed by atoms with van der Waals surface area (Å²) < 4.78 is 2.13. The summed E-state index contributed by atoms with van der Waals surface area (Å²) in [7, 11) is 0. The molecular formula is C18H23N5OS. The lowest BCUT2D eigenvalue weighted by Gasteiger charge is -2.06. The van der Waals surface area contributed by atoms with E-state index in [2.05, 4.69) is 51.9 Å². The second kappa shape index (κ2) is 7.82. The molecule has 0 radical (unpaired) electrons. The normalized spacial score (nSPS) is 11.5. The van der Waals surface area contributed by atoms with Gasteiger partial charge in [-0.25, -0.2) is 4.98 Å². The molecule has 3 rings (SSSR count). The molecule has 132 valence electrons. The number of rotatable bonds is 7. The molecular weight excluding hydrogens is 334 g/mol. The van der Waals surface area contributed by atoms with Crippen molar-refractivity contribution in [1.82, 2.24) is 25.1 Å². The van der Waals surface area contributed by atoms with E-state index < -0.39 is 0 Å². The molecule has 0 fully saturated rings. The lowest BCUT2D eigenvalue weighted by Crippen LogP contribution is -2.27. The monoisotopic (exact) mass is 357 g/mol. The number of aryl methyl sites for hydroxylation is 1. The number of fused-ring (bicyclic) bond motifs is 3. The maximum Gasteiger partial charge on any atom is 0.230 e.